The Morgan fingerprint density at radius 2 is 1.69 bits per heavy atom. The molecule has 0 fully saturated rings. The van der Waals surface area contributed by atoms with E-state index < -0.39 is 5.82 Å². The van der Waals surface area contributed by atoms with Crippen molar-refractivity contribution in [2.45, 2.75) is 13.8 Å². The van der Waals surface area contributed by atoms with E-state index in [1.54, 1.807) is 12.1 Å². The van der Waals surface area contributed by atoms with Gasteiger partial charge < -0.3 is 4.74 Å². The highest BCUT2D eigenvalue weighted by atomic mass is 19.1. The third-order valence-electron chi connectivity index (χ3n) is 1.97. The molecule has 0 radical (unpaired) electrons. The normalized spacial score (nSPS) is 10.2. The highest BCUT2D eigenvalue weighted by Gasteiger charge is 2.01. The molecule has 2 rings (SSSR count). The molecule has 0 aliphatic heterocycles. The highest BCUT2D eigenvalue weighted by Crippen LogP contribution is 2.22. The summed E-state index contributed by atoms with van der Waals surface area (Å²) in [5, 5.41) is 0. The summed E-state index contributed by atoms with van der Waals surface area (Å²) in [6.07, 6.45) is 2.60. The lowest BCUT2D eigenvalue weighted by molar-refractivity contribution is 0.471. The van der Waals surface area contributed by atoms with Gasteiger partial charge in [-0.15, -0.1) is 0 Å². The Balaban J connectivity index is 2.27. The van der Waals surface area contributed by atoms with Gasteiger partial charge in [0.25, 0.3) is 0 Å². The van der Waals surface area contributed by atoms with E-state index in [4.69, 9.17) is 4.74 Å². The van der Waals surface area contributed by atoms with E-state index in [1.807, 2.05) is 13.8 Å². The molecule has 0 amide bonds. The van der Waals surface area contributed by atoms with E-state index in [1.165, 1.54) is 12.3 Å². The molecule has 2 aromatic rings. The second kappa shape index (κ2) is 4.26. The lowest BCUT2D eigenvalue weighted by Gasteiger charge is -2.06. The maximum Gasteiger partial charge on any atom is 0.148 e. The van der Waals surface area contributed by atoms with Gasteiger partial charge in [-0.2, -0.15) is 0 Å². The van der Waals surface area contributed by atoms with Crippen molar-refractivity contribution in [1.82, 2.24) is 9.97 Å². The van der Waals surface area contributed by atoms with Crippen LogP contribution >= 0.6 is 0 Å². The predicted octanol–water partition coefficient (Wildman–Crippen LogP) is 3.02. The number of aromatic nitrogens is 2. The summed E-state index contributed by atoms with van der Waals surface area (Å²) >= 11 is 0. The zero-order valence-corrected chi connectivity index (χ0v) is 9.07. The lowest BCUT2D eigenvalue weighted by Crippen LogP contribution is -1.91. The Hall–Kier alpha value is -1.97. The van der Waals surface area contributed by atoms with Crippen LogP contribution in [0, 0.1) is 19.7 Å². The van der Waals surface area contributed by atoms with Crippen LogP contribution in [-0.2, 0) is 0 Å². The molecule has 0 aliphatic carbocycles. The molecule has 2 aromatic heterocycles. The molecule has 0 aromatic carbocycles. The van der Waals surface area contributed by atoms with Gasteiger partial charge in [-0.05, 0) is 13.8 Å². The molecular weight excluding hydrogens is 207 g/mol. The van der Waals surface area contributed by atoms with Crippen LogP contribution in [0.3, 0.4) is 0 Å². The molecule has 3 nitrogen and oxygen atoms in total. The monoisotopic (exact) mass is 218 g/mol. The summed E-state index contributed by atoms with van der Waals surface area (Å²) in [6.45, 7) is 3.76. The largest absolute Gasteiger partial charge is 0.456 e. The third-order valence-corrected chi connectivity index (χ3v) is 1.97. The van der Waals surface area contributed by atoms with E-state index in [0.29, 0.717) is 11.5 Å². The average molecular weight is 218 g/mol. The van der Waals surface area contributed by atoms with Crippen molar-refractivity contribution in [2.75, 3.05) is 0 Å². The minimum absolute atomic E-state index is 0.380. The molecule has 0 atom stereocenters. The van der Waals surface area contributed by atoms with Gasteiger partial charge in [0.2, 0.25) is 0 Å². The molecule has 0 bridgehead atoms. The summed E-state index contributed by atoms with van der Waals surface area (Å²) in [4.78, 5) is 7.93. The number of ether oxygens (including phenoxy) is 1. The fourth-order valence-corrected chi connectivity index (χ4v) is 1.44. The lowest BCUT2D eigenvalue weighted by atomic mass is 10.3. The zero-order chi connectivity index (χ0) is 11.5. The minimum atomic E-state index is -0.417. The number of nitrogens with zero attached hydrogens (tertiary/aromatic N) is 2. The Bertz CT molecular complexity index is 494. The van der Waals surface area contributed by atoms with Crippen LogP contribution in [0.2, 0.25) is 0 Å². The number of pyridine rings is 2. The van der Waals surface area contributed by atoms with Gasteiger partial charge in [-0.3, -0.25) is 9.97 Å². The van der Waals surface area contributed by atoms with Gasteiger partial charge in [0.05, 0.1) is 12.4 Å². The van der Waals surface area contributed by atoms with Crippen LogP contribution in [0.4, 0.5) is 4.39 Å². The first-order valence-electron chi connectivity index (χ1n) is 4.87. The smallest absolute Gasteiger partial charge is 0.148 e. The summed E-state index contributed by atoms with van der Waals surface area (Å²) in [7, 11) is 0. The molecule has 2 heterocycles. The molecule has 0 saturated heterocycles. The van der Waals surface area contributed by atoms with Crippen molar-refractivity contribution in [1.29, 1.82) is 0 Å². The van der Waals surface area contributed by atoms with Crippen molar-refractivity contribution in [3.63, 3.8) is 0 Å². The molecule has 0 unspecified atom stereocenters. The number of hydrogen-bond donors (Lipinski definition) is 0. The van der Waals surface area contributed by atoms with Gasteiger partial charge in [0.15, 0.2) is 0 Å². The Labute approximate surface area is 92.9 Å². The topological polar surface area (TPSA) is 35.0 Å². The maximum absolute atomic E-state index is 12.9. The van der Waals surface area contributed by atoms with Crippen LogP contribution in [0.5, 0.6) is 11.5 Å². The van der Waals surface area contributed by atoms with Crippen molar-refractivity contribution >= 4 is 0 Å². The van der Waals surface area contributed by atoms with Gasteiger partial charge >= 0.3 is 0 Å². The first kappa shape index (κ1) is 10.5. The first-order chi connectivity index (χ1) is 7.63. The standard InChI is InChI=1S/C12H11FN2O/c1-8-3-11(4-9(2)15-8)16-12-5-10(13)6-14-7-12/h3-7H,1-2H3. The minimum Gasteiger partial charge on any atom is -0.456 e. The third kappa shape index (κ3) is 2.53. The summed E-state index contributed by atoms with van der Waals surface area (Å²) in [5.41, 5.74) is 1.72. The Morgan fingerprint density at radius 1 is 1.00 bits per heavy atom. The summed E-state index contributed by atoms with van der Waals surface area (Å²) < 4.78 is 18.4. The van der Waals surface area contributed by atoms with Crippen LogP contribution in [-0.4, -0.2) is 9.97 Å². The number of rotatable bonds is 2. The fraction of sp³-hybridized carbons (Fsp3) is 0.167. The number of aryl methyl sites for hydroxylation is 2. The van der Waals surface area contributed by atoms with E-state index in [9.17, 15) is 4.39 Å². The Kier molecular flexibility index (Phi) is 2.81. The SMILES string of the molecule is Cc1cc(Oc2cncc(F)c2)cc(C)n1. The average Bonchev–Trinajstić information content (AvgIpc) is 2.15. The Morgan fingerprint density at radius 3 is 2.31 bits per heavy atom. The molecule has 82 valence electrons. The van der Waals surface area contributed by atoms with E-state index in [-0.39, 0.29) is 0 Å². The van der Waals surface area contributed by atoms with E-state index >= 15 is 0 Å². The van der Waals surface area contributed by atoms with Crippen molar-refractivity contribution in [2.24, 2.45) is 0 Å². The molecular formula is C12H11FN2O. The second-order valence-electron chi connectivity index (χ2n) is 3.53. The van der Waals surface area contributed by atoms with Crippen LogP contribution in [0.25, 0.3) is 0 Å². The predicted molar refractivity (Wildman–Crippen MR) is 58.0 cm³/mol. The van der Waals surface area contributed by atoms with Gasteiger partial charge in [0, 0.05) is 29.6 Å². The van der Waals surface area contributed by atoms with Crippen molar-refractivity contribution in [3.05, 3.63) is 47.8 Å². The van der Waals surface area contributed by atoms with Crippen LogP contribution in [0.1, 0.15) is 11.4 Å². The van der Waals surface area contributed by atoms with Crippen molar-refractivity contribution in [3.8, 4) is 11.5 Å². The quantitative estimate of drug-likeness (QED) is 0.777. The van der Waals surface area contributed by atoms with Gasteiger partial charge in [-0.1, -0.05) is 0 Å². The molecule has 0 aliphatic rings. The van der Waals surface area contributed by atoms with Crippen LogP contribution < -0.4 is 4.74 Å². The fourth-order valence-electron chi connectivity index (χ4n) is 1.44. The number of halogens is 1. The van der Waals surface area contributed by atoms with Crippen molar-refractivity contribution < 1.29 is 9.13 Å². The van der Waals surface area contributed by atoms with E-state index in [2.05, 4.69) is 9.97 Å². The van der Waals surface area contributed by atoms with E-state index in [0.717, 1.165) is 17.6 Å². The second-order valence-corrected chi connectivity index (χ2v) is 3.53. The maximum atomic E-state index is 12.9. The van der Waals surface area contributed by atoms with Crippen LogP contribution in [0.15, 0.2) is 30.6 Å². The molecule has 0 N–H and O–H groups in total. The molecule has 16 heavy (non-hydrogen) atoms. The number of hydrogen-bond acceptors (Lipinski definition) is 3. The van der Waals surface area contributed by atoms with Gasteiger partial charge in [0.1, 0.15) is 17.3 Å². The molecule has 0 saturated carbocycles. The first-order valence-corrected chi connectivity index (χ1v) is 4.87. The molecule has 4 heteroatoms. The summed E-state index contributed by atoms with van der Waals surface area (Å²) in [6, 6.07) is 4.87. The van der Waals surface area contributed by atoms with Gasteiger partial charge in [-0.25, -0.2) is 4.39 Å². The summed E-state index contributed by atoms with van der Waals surface area (Å²) in [5.74, 6) is 0.599. The molecule has 0 spiro atoms. The highest BCUT2D eigenvalue weighted by molar-refractivity contribution is 5.31. The zero-order valence-electron chi connectivity index (χ0n) is 9.07.